The molecule has 1 aromatic carbocycles. The van der Waals surface area contributed by atoms with Crippen LogP contribution in [-0.2, 0) is 10.2 Å². The van der Waals surface area contributed by atoms with Gasteiger partial charge in [-0.1, -0.05) is 43.7 Å². The minimum absolute atomic E-state index is 0.0178. The molecule has 0 aliphatic carbocycles. The molecule has 1 rings (SSSR count). The van der Waals surface area contributed by atoms with Crippen molar-refractivity contribution >= 4 is 17.5 Å². The predicted molar refractivity (Wildman–Crippen MR) is 67.9 cm³/mol. The van der Waals surface area contributed by atoms with Gasteiger partial charge in [0, 0.05) is 12.0 Å². The highest BCUT2D eigenvalue weighted by Gasteiger charge is 2.21. The molecule has 0 aromatic heterocycles. The van der Waals surface area contributed by atoms with Crippen LogP contribution in [0, 0.1) is 6.92 Å². The Labute approximate surface area is 102 Å². The van der Waals surface area contributed by atoms with Crippen molar-refractivity contribution in [1.29, 1.82) is 0 Å². The lowest BCUT2D eigenvalue weighted by Gasteiger charge is -2.25. The second kappa shape index (κ2) is 5.35. The molecular formula is C13H18ClNO. The molecule has 1 N–H and O–H groups in total. The Morgan fingerprint density at radius 1 is 1.44 bits per heavy atom. The first-order valence-electron chi connectivity index (χ1n) is 5.35. The summed E-state index contributed by atoms with van der Waals surface area (Å²) in [6.45, 7) is 6.88. The van der Waals surface area contributed by atoms with E-state index in [1.165, 1.54) is 11.1 Å². The van der Waals surface area contributed by atoms with E-state index < -0.39 is 0 Å². The molecule has 0 spiro atoms. The van der Waals surface area contributed by atoms with Gasteiger partial charge in [0.15, 0.2) is 0 Å². The highest BCUT2D eigenvalue weighted by Crippen LogP contribution is 2.22. The van der Waals surface area contributed by atoms with E-state index >= 15 is 0 Å². The Kier molecular flexibility index (Phi) is 4.36. The molecule has 0 saturated carbocycles. The Morgan fingerprint density at radius 2 is 2.12 bits per heavy atom. The minimum Gasteiger partial charge on any atom is -0.354 e. The molecule has 0 bridgehead atoms. The van der Waals surface area contributed by atoms with Gasteiger partial charge in [-0.05, 0) is 12.5 Å². The topological polar surface area (TPSA) is 29.1 Å². The van der Waals surface area contributed by atoms with Crippen molar-refractivity contribution in [2.45, 2.75) is 26.2 Å². The standard InChI is InChI=1S/C13H18ClNO/c1-10-5-4-6-11(7-10)13(2,3)9-15-12(16)8-14/h4-7H,8-9H2,1-3H3,(H,15,16). The van der Waals surface area contributed by atoms with Gasteiger partial charge < -0.3 is 5.32 Å². The van der Waals surface area contributed by atoms with E-state index in [9.17, 15) is 4.79 Å². The molecule has 16 heavy (non-hydrogen) atoms. The minimum atomic E-state index is -0.123. The van der Waals surface area contributed by atoms with Gasteiger partial charge in [0.1, 0.15) is 5.88 Å². The van der Waals surface area contributed by atoms with Crippen molar-refractivity contribution in [2.75, 3.05) is 12.4 Å². The van der Waals surface area contributed by atoms with Crippen molar-refractivity contribution in [1.82, 2.24) is 5.32 Å². The van der Waals surface area contributed by atoms with Gasteiger partial charge in [-0.2, -0.15) is 0 Å². The highest BCUT2D eigenvalue weighted by molar-refractivity contribution is 6.27. The smallest absolute Gasteiger partial charge is 0.234 e. The number of nitrogens with one attached hydrogen (secondary N) is 1. The summed E-state index contributed by atoms with van der Waals surface area (Å²) in [4.78, 5) is 11.1. The summed E-state index contributed by atoms with van der Waals surface area (Å²) in [5.74, 6) is -0.105. The molecule has 2 nitrogen and oxygen atoms in total. The molecule has 1 amide bonds. The molecule has 0 fully saturated rings. The zero-order valence-electron chi connectivity index (χ0n) is 10.0. The number of carbonyl (C=O) groups is 1. The maximum absolute atomic E-state index is 11.1. The largest absolute Gasteiger partial charge is 0.354 e. The third-order valence-corrected chi connectivity index (χ3v) is 2.89. The molecule has 88 valence electrons. The molecule has 1 aromatic rings. The molecule has 0 unspecified atom stereocenters. The maximum Gasteiger partial charge on any atom is 0.234 e. The van der Waals surface area contributed by atoms with E-state index in [-0.39, 0.29) is 17.2 Å². The molecule has 0 atom stereocenters. The monoisotopic (exact) mass is 239 g/mol. The van der Waals surface area contributed by atoms with E-state index in [1.807, 2.05) is 6.07 Å². The Bertz CT molecular complexity index is 374. The lowest BCUT2D eigenvalue weighted by atomic mass is 9.84. The maximum atomic E-state index is 11.1. The second-order valence-electron chi connectivity index (χ2n) is 4.66. The Morgan fingerprint density at radius 3 is 2.69 bits per heavy atom. The number of benzene rings is 1. The van der Waals surface area contributed by atoms with Gasteiger partial charge in [-0.25, -0.2) is 0 Å². The average Bonchev–Trinajstić information content (AvgIpc) is 2.26. The van der Waals surface area contributed by atoms with Crippen LogP contribution in [0.25, 0.3) is 0 Å². The second-order valence-corrected chi connectivity index (χ2v) is 4.93. The van der Waals surface area contributed by atoms with E-state index in [0.29, 0.717) is 6.54 Å². The fourth-order valence-corrected chi connectivity index (χ4v) is 1.63. The number of hydrogen-bond acceptors (Lipinski definition) is 1. The predicted octanol–water partition coefficient (Wildman–Crippen LogP) is 2.63. The van der Waals surface area contributed by atoms with Gasteiger partial charge >= 0.3 is 0 Å². The first-order valence-corrected chi connectivity index (χ1v) is 5.89. The summed E-state index contributed by atoms with van der Waals surface area (Å²) in [6, 6.07) is 8.33. The zero-order chi connectivity index (χ0) is 12.2. The fraction of sp³-hybridized carbons (Fsp3) is 0.462. The molecule has 0 heterocycles. The van der Waals surface area contributed by atoms with E-state index in [4.69, 9.17) is 11.6 Å². The van der Waals surface area contributed by atoms with E-state index in [1.54, 1.807) is 0 Å². The number of aryl methyl sites for hydroxylation is 1. The summed E-state index contributed by atoms with van der Waals surface area (Å²) in [6.07, 6.45) is 0. The van der Waals surface area contributed by atoms with Crippen molar-refractivity contribution in [3.63, 3.8) is 0 Å². The van der Waals surface area contributed by atoms with Gasteiger partial charge in [0.25, 0.3) is 0 Å². The van der Waals surface area contributed by atoms with Crippen LogP contribution in [0.2, 0.25) is 0 Å². The summed E-state index contributed by atoms with van der Waals surface area (Å²) in [7, 11) is 0. The van der Waals surface area contributed by atoms with Crippen LogP contribution in [-0.4, -0.2) is 18.3 Å². The van der Waals surface area contributed by atoms with Gasteiger partial charge in [-0.15, -0.1) is 11.6 Å². The molecule has 0 aliphatic heterocycles. The lowest BCUT2D eigenvalue weighted by Crippen LogP contribution is -2.37. The SMILES string of the molecule is Cc1cccc(C(C)(C)CNC(=O)CCl)c1. The number of hydrogen-bond donors (Lipinski definition) is 1. The quantitative estimate of drug-likeness (QED) is 0.805. The Balaban J connectivity index is 2.73. The molecule has 0 aliphatic rings. The number of halogens is 1. The van der Waals surface area contributed by atoms with Crippen LogP contribution >= 0.6 is 11.6 Å². The normalized spacial score (nSPS) is 11.2. The van der Waals surface area contributed by atoms with E-state index in [2.05, 4.69) is 44.3 Å². The number of amides is 1. The van der Waals surface area contributed by atoms with Crippen molar-refractivity contribution in [3.05, 3.63) is 35.4 Å². The van der Waals surface area contributed by atoms with Crippen LogP contribution in [0.15, 0.2) is 24.3 Å². The van der Waals surface area contributed by atoms with Gasteiger partial charge in [0.05, 0.1) is 0 Å². The fourth-order valence-electron chi connectivity index (χ4n) is 1.53. The third-order valence-electron chi connectivity index (χ3n) is 2.65. The van der Waals surface area contributed by atoms with Crippen LogP contribution < -0.4 is 5.32 Å². The molecule has 0 saturated heterocycles. The first-order chi connectivity index (χ1) is 7.45. The Hall–Kier alpha value is -1.02. The zero-order valence-corrected chi connectivity index (χ0v) is 10.8. The lowest BCUT2D eigenvalue weighted by molar-refractivity contribution is -0.118. The van der Waals surface area contributed by atoms with Crippen molar-refractivity contribution in [3.8, 4) is 0 Å². The van der Waals surface area contributed by atoms with Crippen molar-refractivity contribution < 1.29 is 4.79 Å². The average molecular weight is 240 g/mol. The van der Waals surface area contributed by atoms with Gasteiger partial charge in [0.2, 0.25) is 5.91 Å². The van der Waals surface area contributed by atoms with Gasteiger partial charge in [-0.3, -0.25) is 4.79 Å². The number of alkyl halides is 1. The van der Waals surface area contributed by atoms with Crippen molar-refractivity contribution in [2.24, 2.45) is 0 Å². The van der Waals surface area contributed by atoms with Crippen LogP contribution in [0.4, 0.5) is 0 Å². The summed E-state index contributed by atoms with van der Waals surface area (Å²) in [5, 5.41) is 2.82. The molecule has 3 heteroatoms. The molecular weight excluding hydrogens is 222 g/mol. The summed E-state index contributed by atoms with van der Waals surface area (Å²) < 4.78 is 0. The van der Waals surface area contributed by atoms with Crippen LogP contribution in [0.5, 0.6) is 0 Å². The summed E-state index contributed by atoms with van der Waals surface area (Å²) >= 11 is 5.44. The third kappa shape index (κ3) is 3.53. The molecule has 0 radical (unpaired) electrons. The number of rotatable bonds is 4. The summed E-state index contributed by atoms with van der Waals surface area (Å²) in [5.41, 5.74) is 2.38. The highest BCUT2D eigenvalue weighted by atomic mass is 35.5. The van der Waals surface area contributed by atoms with Crippen LogP contribution in [0.1, 0.15) is 25.0 Å². The van der Waals surface area contributed by atoms with Crippen LogP contribution in [0.3, 0.4) is 0 Å². The number of carbonyl (C=O) groups excluding carboxylic acids is 1. The first kappa shape index (κ1) is 13.0. The van der Waals surface area contributed by atoms with E-state index in [0.717, 1.165) is 0 Å².